The number of ether oxygens (including phenoxy) is 1. The molecular formula is C16H19N3O4S2. The van der Waals surface area contributed by atoms with Crippen molar-refractivity contribution in [3.8, 4) is 11.3 Å². The topological polar surface area (TPSA) is 79.8 Å². The number of nitrogens with zero attached hydrogens (tertiary/aromatic N) is 3. The highest BCUT2D eigenvalue weighted by molar-refractivity contribution is 7.92. The summed E-state index contributed by atoms with van der Waals surface area (Å²) in [5.74, 6) is -0.225. The first kappa shape index (κ1) is 17.8. The van der Waals surface area contributed by atoms with Crippen LogP contribution in [0.15, 0.2) is 35.2 Å². The highest BCUT2D eigenvalue weighted by Gasteiger charge is 2.25. The molecule has 0 bridgehead atoms. The number of rotatable bonds is 5. The van der Waals surface area contributed by atoms with Crippen LogP contribution in [0.25, 0.3) is 11.3 Å². The highest BCUT2D eigenvalue weighted by atomic mass is 32.2. The number of amides is 1. The van der Waals surface area contributed by atoms with Crippen LogP contribution in [0, 0.1) is 0 Å². The number of hydrogen-bond acceptors (Lipinski definition) is 6. The Morgan fingerprint density at radius 2 is 1.96 bits per heavy atom. The zero-order valence-corrected chi connectivity index (χ0v) is 15.4. The number of anilines is 1. The van der Waals surface area contributed by atoms with Gasteiger partial charge in [-0.2, -0.15) is 0 Å². The molecule has 1 aliphatic heterocycles. The van der Waals surface area contributed by atoms with E-state index in [4.69, 9.17) is 4.74 Å². The molecule has 1 saturated heterocycles. The van der Waals surface area contributed by atoms with Gasteiger partial charge in [-0.05, 0) is 12.1 Å². The molecule has 0 spiro atoms. The predicted octanol–water partition coefficient (Wildman–Crippen LogP) is 1.43. The number of aromatic nitrogens is 1. The summed E-state index contributed by atoms with van der Waals surface area (Å²) in [6.07, 6.45) is 1.11. The lowest BCUT2D eigenvalue weighted by molar-refractivity contribution is -0.133. The van der Waals surface area contributed by atoms with Crippen LogP contribution in [-0.2, 0) is 19.6 Å². The number of benzene rings is 1. The number of carbonyl (C=O) groups is 1. The fraction of sp³-hybridized carbons (Fsp3) is 0.375. The minimum Gasteiger partial charge on any atom is -0.378 e. The molecule has 0 aliphatic carbocycles. The van der Waals surface area contributed by atoms with Gasteiger partial charge in [0, 0.05) is 24.0 Å². The Bertz CT molecular complexity index is 814. The Balaban J connectivity index is 1.80. The van der Waals surface area contributed by atoms with Gasteiger partial charge in [0.05, 0.1) is 36.4 Å². The summed E-state index contributed by atoms with van der Waals surface area (Å²) in [6.45, 7) is 1.72. The first-order valence-corrected chi connectivity index (χ1v) is 10.6. The van der Waals surface area contributed by atoms with Crippen LogP contribution in [0.1, 0.15) is 0 Å². The van der Waals surface area contributed by atoms with Gasteiger partial charge in [0.25, 0.3) is 0 Å². The first-order valence-electron chi connectivity index (χ1n) is 7.77. The molecule has 0 radical (unpaired) electrons. The average molecular weight is 381 g/mol. The van der Waals surface area contributed by atoms with Gasteiger partial charge in [0.2, 0.25) is 15.9 Å². The SMILES string of the molecule is CS(=O)(=O)N(CC(=O)N1CCOCC1)c1ccc(-c2cscn2)cc1. The molecule has 3 rings (SSSR count). The summed E-state index contributed by atoms with van der Waals surface area (Å²) in [4.78, 5) is 18.3. The summed E-state index contributed by atoms with van der Waals surface area (Å²) in [5.41, 5.74) is 3.94. The zero-order valence-electron chi connectivity index (χ0n) is 13.8. The monoisotopic (exact) mass is 381 g/mol. The molecule has 1 fully saturated rings. The van der Waals surface area contributed by atoms with Crippen LogP contribution in [0.3, 0.4) is 0 Å². The van der Waals surface area contributed by atoms with E-state index in [1.165, 1.54) is 11.3 Å². The average Bonchev–Trinajstić information content (AvgIpc) is 3.14. The summed E-state index contributed by atoms with van der Waals surface area (Å²) >= 11 is 1.50. The van der Waals surface area contributed by atoms with E-state index in [0.29, 0.717) is 32.0 Å². The Morgan fingerprint density at radius 3 is 2.52 bits per heavy atom. The predicted molar refractivity (Wildman–Crippen MR) is 97.1 cm³/mol. The molecular weight excluding hydrogens is 362 g/mol. The molecule has 9 heteroatoms. The molecule has 1 aliphatic rings. The lowest BCUT2D eigenvalue weighted by atomic mass is 10.1. The lowest BCUT2D eigenvalue weighted by Crippen LogP contribution is -2.47. The second kappa shape index (κ2) is 7.51. The number of thiazole rings is 1. The fourth-order valence-electron chi connectivity index (χ4n) is 2.59. The number of carbonyl (C=O) groups excluding carboxylic acids is 1. The quantitative estimate of drug-likeness (QED) is 0.783. The molecule has 1 amide bonds. The minimum atomic E-state index is -3.58. The van der Waals surface area contributed by atoms with E-state index in [2.05, 4.69) is 4.98 Å². The summed E-state index contributed by atoms with van der Waals surface area (Å²) in [6, 6.07) is 7.01. The third kappa shape index (κ3) is 4.36. The van der Waals surface area contributed by atoms with Crippen LogP contribution in [0.2, 0.25) is 0 Å². The van der Waals surface area contributed by atoms with Crippen molar-refractivity contribution in [3.05, 3.63) is 35.2 Å². The second-order valence-corrected chi connectivity index (χ2v) is 8.31. The Labute approximate surface area is 150 Å². The van der Waals surface area contributed by atoms with Gasteiger partial charge in [0.15, 0.2) is 0 Å². The molecule has 0 atom stereocenters. The smallest absolute Gasteiger partial charge is 0.243 e. The standard InChI is InChI=1S/C16H19N3O4S2/c1-25(21,22)19(10-16(20)18-6-8-23-9-7-18)14-4-2-13(3-5-14)15-11-24-12-17-15/h2-5,11-12H,6-10H2,1H3. The maximum absolute atomic E-state index is 12.4. The summed E-state index contributed by atoms with van der Waals surface area (Å²) in [5, 5.41) is 1.92. The summed E-state index contributed by atoms with van der Waals surface area (Å²) < 4.78 is 30.7. The number of sulfonamides is 1. The van der Waals surface area contributed by atoms with Gasteiger partial charge in [-0.1, -0.05) is 12.1 Å². The van der Waals surface area contributed by atoms with Gasteiger partial charge in [0.1, 0.15) is 6.54 Å². The molecule has 1 aromatic carbocycles. The van der Waals surface area contributed by atoms with Crippen molar-refractivity contribution >= 4 is 33.0 Å². The fourth-order valence-corrected chi connectivity index (χ4v) is 4.00. The van der Waals surface area contributed by atoms with E-state index in [0.717, 1.165) is 21.8 Å². The van der Waals surface area contributed by atoms with E-state index < -0.39 is 10.0 Å². The van der Waals surface area contributed by atoms with Crippen molar-refractivity contribution in [3.63, 3.8) is 0 Å². The molecule has 2 heterocycles. The second-order valence-electron chi connectivity index (χ2n) is 5.68. The minimum absolute atomic E-state index is 0.213. The van der Waals surface area contributed by atoms with Crippen molar-refractivity contribution in [2.24, 2.45) is 0 Å². The molecule has 0 N–H and O–H groups in total. The van der Waals surface area contributed by atoms with E-state index in [1.54, 1.807) is 22.5 Å². The van der Waals surface area contributed by atoms with Gasteiger partial charge >= 0.3 is 0 Å². The van der Waals surface area contributed by atoms with Crippen LogP contribution >= 0.6 is 11.3 Å². The van der Waals surface area contributed by atoms with E-state index >= 15 is 0 Å². The van der Waals surface area contributed by atoms with Gasteiger partial charge in [-0.15, -0.1) is 11.3 Å². The summed E-state index contributed by atoms with van der Waals surface area (Å²) in [7, 11) is -3.58. The number of hydrogen-bond donors (Lipinski definition) is 0. The van der Waals surface area contributed by atoms with E-state index in [-0.39, 0.29) is 12.5 Å². The van der Waals surface area contributed by atoms with Crippen molar-refractivity contribution in [1.82, 2.24) is 9.88 Å². The van der Waals surface area contributed by atoms with E-state index in [1.807, 2.05) is 17.5 Å². The Hall–Kier alpha value is -1.97. The zero-order chi connectivity index (χ0) is 17.9. The van der Waals surface area contributed by atoms with Crippen LogP contribution in [-0.4, -0.2) is 63.3 Å². The Morgan fingerprint density at radius 1 is 1.28 bits per heavy atom. The van der Waals surface area contributed by atoms with Crippen molar-refractivity contribution in [2.45, 2.75) is 0 Å². The van der Waals surface area contributed by atoms with E-state index in [9.17, 15) is 13.2 Å². The van der Waals surface area contributed by atoms with Crippen LogP contribution < -0.4 is 4.31 Å². The van der Waals surface area contributed by atoms with Crippen LogP contribution in [0.5, 0.6) is 0 Å². The molecule has 0 saturated carbocycles. The van der Waals surface area contributed by atoms with Crippen LogP contribution in [0.4, 0.5) is 5.69 Å². The van der Waals surface area contributed by atoms with Crippen molar-refractivity contribution in [1.29, 1.82) is 0 Å². The lowest BCUT2D eigenvalue weighted by Gasteiger charge is -2.30. The van der Waals surface area contributed by atoms with Gasteiger partial charge in [-0.25, -0.2) is 13.4 Å². The maximum Gasteiger partial charge on any atom is 0.243 e. The molecule has 134 valence electrons. The highest BCUT2D eigenvalue weighted by Crippen LogP contribution is 2.24. The molecule has 2 aromatic rings. The van der Waals surface area contributed by atoms with Gasteiger partial charge in [-0.3, -0.25) is 9.10 Å². The van der Waals surface area contributed by atoms with Crippen molar-refractivity contribution in [2.75, 3.05) is 43.4 Å². The molecule has 7 nitrogen and oxygen atoms in total. The first-order chi connectivity index (χ1) is 11.9. The molecule has 25 heavy (non-hydrogen) atoms. The van der Waals surface area contributed by atoms with Gasteiger partial charge < -0.3 is 9.64 Å². The third-order valence-electron chi connectivity index (χ3n) is 3.93. The molecule has 1 aromatic heterocycles. The Kier molecular flexibility index (Phi) is 5.36. The number of morpholine rings is 1. The normalized spacial score (nSPS) is 15.2. The third-order valence-corrected chi connectivity index (χ3v) is 5.65. The molecule has 0 unspecified atom stereocenters. The largest absolute Gasteiger partial charge is 0.378 e. The van der Waals surface area contributed by atoms with Crippen molar-refractivity contribution < 1.29 is 17.9 Å². The maximum atomic E-state index is 12.4.